The Hall–Kier alpha value is -0.890. The number of pyridine rings is 1. The van der Waals surface area contributed by atoms with Gasteiger partial charge in [-0.15, -0.1) is 0 Å². The zero-order valence-electron chi connectivity index (χ0n) is 6.67. The average Bonchev–Trinajstić information content (AvgIpc) is 2.35. The number of fused-ring (bicyclic) bond motifs is 1. The van der Waals surface area contributed by atoms with E-state index in [2.05, 4.69) is 11.9 Å². The molecule has 1 aliphatic carbocycles. The van der Waals surface area contributed by atoms with Crippen molar-refractivity contribution in [2.75, 3.05) is 0 Å². The topological polar surface area (TPSA) is 38.9 Å². The lowest BCUT2D eigenvalue weighted by molar-refractivity contribution is 0.712. The molecule has 2 N–H and O–H groups in total. The summed E-state index contributed by atoms with van der Waals surface area (Å²) in [5.74, 6) is 0. The number of aromatic nitrogens is 1. The second-order valence-electron chi connectivity index (χ2n) is 3.17. The third-order valence-electron chi connectivity index (χ3n) is 2.41. The number of hydrogen-bond donors (Lipinski definition) is 1. The molecule has 11 heavy (non-hydrogen) atoms. The summed E-state index contributed by atoms with van der Waals surface area (Å²) in [6.07, 6.45) is 6.03. The van der Waals surface area contributed by atoms with Crippen molar-refractivity contribution < 1.29 is 0 Å². The highest BCUT2D eigenvalue weighted by Gasteiger charge is 2.19. The summed E-state index contributed by atoms with van der Waals surface area (Å²) in [7, 11) is 0. The van der Waals surface area contributed by atoms with Gasteiger partial charge in [0, 0.05) is 18.4 Å². The van der Waals surface area contributed by atoms with E-state index >= 15 is 0 Å². The number of nitrogens with zero attached hydrogens (tertiary/aromatic N) is 1. The third-order valence-corrected chi connectivity index (χ3v) is 2.41. The van der Waals surface area contributed by atoms with Crippen molar-refractivity contribution in [3.63, 3.8) is 0 Å². The first-order valence-corrected chi connectivity index (χ1v) is 3.98. The van der Waals surface area contributed by atoms with Gasteiger partial charge < -0.3 is 5.73 Å². The molecule has 0 amide bonds. The normalized spacial score (nSPS) is 21.8. The van der Waals surface area contributed by atoms with E-state index in [4.69, 9.17) is 5.73 Å². The molecule has 2 nitrogen and oxygen atoms in total. The highest BCUT2D eigenvalue weighted by atomic mass is 14.7. The van der Waals surface area contributed by atoms with Gasteiger partial charge in [0.15, 0.2) is 0 Å². The Labute approximate surface area is 66.4 Å². The molecule has 1 aromatic heterocycles. The predicted molar refractivity (Wildman–Crippen MR) is 44.2 cm³/mol. The summed E-state index contributed by atoms with van der Waals surface area (Å²) in [5.41, 5.74) is 9.84. The van der Waals surface area contributed by atoms with E-state index < -0.39 is 0 Å². The van der Waals surface area contributed by atoms with Crippen LogP contribution >= 0.6 is 0 Å². The maximum atomic E-state index is 5.88. The highest BCUT2D eigenvalue weighted by Crippen LogP contribution is 2.29. The average molecular weight is 148 g/mol. The van der Waals surface area contributed by atoms with Crippen LogP contribution in [0.15, 0.2) is 12.4 Å². The van der Waals surface area contributed by atoms with E-state index in [0.29, 0.717) is 0 Å². The van der Waals surface area contributed by atoms with Crippen LogP contribution < -0.4 is 5.73 Å². The van der Waals surface area contributed by atoms with Gasteiger partial charge in [0.05, 0.1) is 0 Å². The molecule has 0 spiro atoms. The molecule has 0 saturated heterocycles. The van der Waals surface area contributed by atoms with Gasteiger partial charge in [0.2, 0.25) is 0 Å². The number of hydrogen-bond acceptors (Lipinski definition) is 2. The first-order valence-electron chi connectivity index (χ1n) is 3.98. The van der Waals surface area contributed by atoms with Gasteiger partial charge in [-0.3, -0.25) is 4.98 Å². The molecule has 0 bridgehead atoms. The summed E-state index contributed by atoms with van der Waals surface area (Å²) in [5, 5.41) is 0. The molecule has 0 saturated carbocycles. The highest BCUT2D eigenvalue weighted by molar-refractivity contribution is 5.36. The minimum atomic E-state index is 0.234. The molecule has 0 aromatic carbocycles. The number of rotatable bonds is 0. The molecule has 2 heteroatoms. The maximum absolute atomic E-state index is 5.88. The number of aryl methyl sites for hydroxylation is 1. The van der Waals surface area contributed by atoms with Gasteiger partial charge in [-0.25, -0.2) is 0 Å². The lowest BCUT2D eigenvalue weighted by Gasteiger charge is -2.04. The summed E-state index contributed by atoms with van der Waals surface area (Å²) >= 11 is 0. The fourth-order valence-electron chi connectivity index (χ4n) is 1.73. The Morgan fingerprint density at radius 1 is 1.55 bits per heavy atom. The first-order chi connectivity index (χ1) is 5.29. The Bertz CT molecular complexity index is 281. The van der Waals surface area contributed by atoms with Gasteiger partial charge in [0.1, 0.15) is 0 Å². The Balaban J connectivity index is 2.57. The molecule has 1 atom stereocenters. The van der Waals surface area contributed by atoms with Crippen LogP contribution in [0.4, 0.5) is 0 Å². The van der Waals surface area contributed by atoms with E-state index in [1.54, 1.807) is 0 Å². The van der Waals surface area contributed by atoms with Crippen molar-refractivity contribution in [3.8, 4) is 0 Å². The van der Waals surface area contributed by atoms with Gasteiger partial charge in [-0.1, -0.05) is 0 Å². The molecule has 0 radical (unpaired) electrons. The minimum absolute atomic E-state index is 0.234. The molecule has 2 rings (SSSR count). The molecule has 58 valence electrons. The first kappa shape index (κ1) is 6.80. The third kappa shape index (κ3) is 0.942. The van der Waals surface area contributed by atoms with Crippen LogP contribution in [0.2, 0.25) is 0 Å². The van der Waals surface area contributed by atoms with E-state index in [0.717, 1.165) is 12.8 Å². The van der Waals surface area contributed by atoms with Crippen LogP contribution in [0, 0.1) is 6.92 Å². The largest absolute Gasteiger partial charge is 0.324 e. The van der Waals surface area contributed by atoms with Crippen LogP contribution in [0.1, 0.15) is 29.2 Å². The Kier molecular flexibility index (Phi) is 1.43. The summed E-state index contributed by atoms with van der Waals surface area (Å²) in [4.78, 5) is 4.13. The monoisotopic (exact) mass is 148 g/mol. The lowest BCUT2D eigenvalue weighted by Crippen LogP contribution is -2.05. The quantitative estimate of drug-likeness (QED) is 0.603. The molecule has 0 aliphatic heterocycles. The molecular formula is C9H12N2. The molecule has 0 fully saturated rings. The molecule has 1 aromatic rings. The van der Waals surface area contributed by atoms with Crippen LogP contribution in [0.5, 0.6) is 0 Å². The standard InChI is InChI=1S/C9H12N2/c1-6-4-11-5-8-7(6)2-3-9(8)10/h4-5,9H,2-3,10H2,1H3/t9-/m0/s1. The molecular weight excluding hydrogens is 136 g/mol. The second kappa shape index (κ2) is 2.31. The summed E-state index contributed by atoms with van der Waals surface area (Å²) < 4.78 is 0. The Morgan fingerprint density at radius 3 is 3.09 bits per heavy atom. The van der Waals surface area contributed by atoms with Crippen molar-refractivity contribution in [1.82, 2.24) is 4.98 Å². The van der Waals surface area contributed by atoms with Gasteiger partial charge in [0.25, 0.3) is 0 Å². The second-order valence-corrected chi connectivity index (χ2v) is 3.17. The van der Waals surface area contributed by atoms with Crippen LogP contribution in [0.3, 0.4) is 0 Å². The van der Waals surface area contributed by atoms with Crippen LogP contribution in [-0.4, -0.2) is 4.98 Å². The van der Waals surface area contributed by atoms with Gasteiger partial charge >= 0.3 is 0 Å². The molecule has 0 unspecified atom stereocenters. The lowest BCUT2D eigenvalue weighted by atomic mass is 10.1. The minimum Gasteiger partial charge on any atom is -0.324 e. The van der Waals surface area contributed by atoms with Crippen molar-refractivity contribution in [2.24, 2.45) is 5.73 Å². The SMILES string of the molecule is Cc1cncc2c1CC[C@@H]2N. The zero-order chi connectivity index (χ0) is 7.84. The van der Waals surface area contributed by atoms with Crippen molar-refractivity contribution >= 4 is 0 Å². The van der Waals surface area contributed by atoms with Crippen molar-refractivity contribution in [2.45, 2.75) is 25.8 Å². The maximum Gasteiger partial charge on any atom is 0.0318 e. The van der Waals surface area contributed by atoms with Crippen molar-refractivity contribution in [3.05, 3.63) is 29.1 Å². The molecule has 1 aliphatic rings. The van der Waals surface area contributed by atoms with Gasteiger partial charge in [-0.2, -0.15) is 0 Å². The van der Waals surface area contributed by atoms with E-state index in [1.165, 1.54) is 16.7 Å². The molecule has 1 heterocycles. The van der Waals surface area contributed by atoms with E-state index in [9.17, 15) is 0 Å². The van der Waals surface area contributed by atoms with Crippen molar-refractivity contribution in [1.29, 1.82) is 0 Å². The fourth-order valence-corrected chi connectivity index (χ4v) is 1.73. The van der Waals surface area contributed by atoms with E-state index in [1.807, 2.05) is 12.4 Å². The van der Waals surface area contributed by atoms with E-state index in [-0.39, 0.29) is 6.04 Å². The summed E-state index contributed by atoms with van der Waals surface area (Å²) in [6.45, 7) is 2.10. The smallest absolute Gasteiger partial charge is 0.0318 e. The van der Waals surface area contributed by atoms with Crippen LogP contribution in [0.25, 0.3) is 0 Å². The zero-order valence-corrected chi connectivity index (χ0v) is 6.67. The number of nitrogens with two attached hydrogens (primary N) is 1. The van der Waals surface area contributed by atoms with Crippen LogP contribution in [-0.2, 0) is 6.42 Å². The van der Waals surface area contributed by atoms with Gasteiger partial charge in [-0.05, 0) is 36.5 Å². The Morgan fingerprint density at radius 2 is 2.36 bits per heavy atom. The fraction of sp³-hybridized carbons (Fsp3) is 0.444. The summed E-state index contributed by atoms with van der Waals surface area (Å²) in [6, 6.07) is 0.234. The predicted octanol–water partition coefficient (Wildman–Crippen LogP) is 1.34.